The number of aromatic nitrogens is 4. The van der Waals surface area contributed by atoms with Crippen molar-refractivity contribution in [1.29, 1.82) is 0 Å². The van der Waals surface area contributed by atoms with Crippen LogP contribution in [0.15, 0.2) is 113 Å². The van der Waals surface area contributed by atoms with Crippen LogP contribution in [0, 0.1) is 6.92 Å². The first-order valence-electron chi connectivity index (χ1n) is 11.3. The van der Waals surface area contributed by atoms with Gasteiger partial charge >= 0.3 is 0 Å². The van der Waals surface area contributed by atoms with Crippen LogP contribution >= 0.6 is 0 Å². The van der Waals surface area contributed by atoms with Crippen molar-refractivity contribution < 1.29 is 0 Å². The molecule has 0 N–H and O–H groups in total. The monoisotopic (exact) mass is 456 g/mol. The van der Waals surface area contributed by atoms with Crippen LogP contribution in [0.25, 0.3) is 44.6 Å². The van der Waals surface area contributed by atoms with Crippen molar-refractivity contribution >= 4 is 21.8 Å². The van der Waals surface area contributed by atoms with E-state index in [9.17, 15) is 9.59 Å². The Morgan fingerprint density at radius 2 is 0.943 bits per heavy atom. The number of hydrogen-bond acceptors (Lipinski definition) is 4. The molecule has 168 valence electrons. The van der Waals surface area contributed by atoms with Crippen LogP contribution in [0.3, 0.4) is 0 Å². The van der Waals surface area contributed by atoms with E-state index in [1.165, 1.54) is 9.35 Å². The minimum absolute atomic E-state index is 0.345. The standard InChI is InChI=1S/C29H20N4O2/c1-19-15-17-21(18-16-19)27-31-25-14-8-6-12-23(25)29(35)33(27)32-26(20-9-3-2-4-10-20)30-24-13-7-5-11-22(24)28(32)34/h2-18H,1H3. The molecule has 4 aromatic carbocycles. The van der Waals surface area contributed by atoms with Crippen LogP contribution in [0.1, 0.15) is 5.56 Å². The van der Waals surface area contributed by atoms with Gasteiger partial charge in [0.1, 0.15) is 0 Å². The molecular weight excluding hydrogens is 436 g/mol. The van der Waals surface area contributed by atoms with Crippen molar-refractivity contribution in [2.24, 2.45) is 0 Å². The number of hydrogen-bond donors (Lipinski definition) is 0. The van der Waals surface area contributed by atoms with Gasteiger partial charge in [0.25, 0.3) is 11.1 Å². The van der Waals surface area contributed by atoms with Gasteiger partial charge in [-0.15, -0.1) is 0 Å². The molecule has 6 aromatic rings. The summed E-state index contributed by atoms with van der Waals surface area (Å²) in [5.74, 6) is 0.729. The molecule has 0 fully saturated rings. The fourth-order valence-corrected chi connectivity index (χ4v) is 4.28. The molecule has 6 heteroatoms. The molecule has 0 unspecified atom stereocenters. The molecule has 6 rings (SSSR count). The van der Waals surface area contributed by atoms with Crippen LogP contribution in [-0.2, 0) is 0 Å². The molecule has 0 amide bonds. The molecule has 0 aliphatic heterocycles. The molecule has 0 spiro atoms. The molecule has 6 nitrogen and oxygen atoms in total. The van der Waals surface area contributed by atoms with Crippen molar-refractivity contribution in [1.82, 2.24) is 19.3 Å². The zero-order valence-corrected chi connectivity index (χ0v) is 18.9. The second kappa shape index (κ2) is 8.18. The van der Waals surface area contributed by atoms with Gasteiger partial charge in [0, 0.05) is 11.1 Å². The molecule has 35 heavy (non-hydrogen) atoms. The second-order valence-electron chi connectivity index (χ2n) is 8.37. The van der Waals surface area contributed by atoms with Gasteiger partial charge in [0.2, 0.25) is 0 Å². The molecule has 0 radical (unpaired) electrons. The largest absolute Gasteiger partial charge is 0.281 e. The lowest BCUT2D eigenvalue weighted by Crippen LogP contribution is -2.38. The summed E-state index contributed by atoms with van der Waals surface area (Å²) in [6, 6.07) is 31.5. The number of nitrogens with zero attached hydrogens (tertiary/aromatic N) is 4. The van der Waals surface area contributed by atoms with Gasteiger partial charge in [-0.25, -0.2) is 9.97 Å². The van der Waals surface area contributed by atoms with Crippen molar-refractivity contribution in [2.75, 3.05) is 0 Å². The van der Waals surface area contributed by atoms with E-state index in [0.29, 0.717) is 39.0 Å². The number of fused-ring (bicyclic) bond motifs is 2. The molecule has 0 bridgehead atoms. The van der Waals surface area contributed by atoms with Crippen molar-refractivity contribution in [3.63, 3.8) is 0 Å². The number of aryl methyl sites for hydroxylation is 1. The van der Waals surface area contributed by atoms with Crippen molar-refractivity contribution in [3.05, 3.63) is 129 Å². The van der Waals surface area contributed by atoms with E-state index in [4.69, 9.17) is 9.97 Å². The van der Waals surface area contributed by atoms with E-state index in [0.717, 1.165) is 11.1 Å². The summed E-state index contributed by atoms with van der Waals surface area (Å²) < 4.78 is 2.71. The maximum Gasteiger partial charge on any atom is 0.281 e. The SMILES string of the molecule is Cc1ccc(-c2nc3ccccc3c(=O)n2-n2c(-c3ccccc3)nc3ccccc3c2=O)cc1. The van der Waals surface area contributed by atoms with Gasteiger partial charge in [-0.1, -0.05) is 84.4 Å². The lowest BCUT2D eigenvalue weighted by molar-refractivity contribution is 0.610. The minimum atomic E-state index is -0.345. The highest BCUT2D eigenvalue weighted by Crippen LogP contribution is 2.23. The van der Waals surface area contributed by atoms with Gasteiger partial charge in [0.15, 0.2) is 11.6 Å². The van der Waals surface area contributed by atoms with Crippen molar-refractivity contribution in [3.8, 4) is 22.8 Å². The summed E-state index contributed by atoms with van der Waals surface area (Å²) in [4.78, 5) is 37.7. The predicted molar refractivity (Wildman–Crippen MR) is 138 cm³/mol. The maximum atomic E-state index is 14.0. The van der Waals surface area contributed by atoms with E-state index in [1.807, 2.05) is 73.7 Å². The first-order chi connectivity index (χ1) is 17.1. The normalized spacial score (nSPS) is 11.2. The van der Waals surface area contributed by atoms with Crippen LogP contribution < -0.4 is 11.1 Å². The smallest absolute Gasteiger partial charge is 0.267 e. The van der Waals surface area contributed by atoms with Gasteiger partial charge in [-0.05, 0) is 31.2 Å². The molecule has 2 heterocycles. The highest BCUT2D eigenvalue weighted by molar-refractivity contribution is 5.81. The summed E-state index contributed by atoms with van der Waals surface area (Å²) >= 11 is 0. The Morgan fingerprint density at radius 1 is 0.514 bits per heavy atom. The quantitative estimate of drug-likeness (QED) is 0.373. The maximum absolute atomic E-state index is 14.0. The third-order valence-corrected chi connectivity index (χ3v) is 6.05. The van der Waals surface area contributed by atoms with E-state index < -0.39 is 0 Å². The Labute approximate surface area is 200 Å². The van der Waals surface area contributed by atoms with Gasteiger partial charge < -0.3 is 0 Å². The van der Waals surface area contributed by atoms with Crippen LogP contribution in [0.5, 0.6) is 0 Å². The van der Waals surface area contributed by atoms with Crippen LogP contribution in [-0.4, -0.2) is 19.3 Å². The third kappa shape index (κ3) is 3.43. The lowest BCUT2D eigenvalue weighted by Gasteiger charge is -2.19. The Kier molecular flexibility index (Phi) is 4.85. The highest BCUT2D eigenvalue weighted by atomic mass is 16.2. The molecule has 0 saturated heterocycles. The van der Waals surface area contributed by atoms with Gasteiger partial charge in [-0.3, -0.25) is 9.59 Å². The zero-order valence-electron chi connectivity index (χ0n) is 18.9. The second-order valence-corrected chi connectivity index (χ2v) is 8.37. The number of para-hydroxylation sites is 2. The first kappa shape index (κ1) is 20.7. The Bertz CT molecular complexity index is 1840. The Hall–Kier alpha value is -4.84. The average molecular weight is 457 g/mol. The van der Waals surface area contributed by atoms with Crippen LogP contribution in [0.4, 0.5) is 0 Å². The van der Waals surface area contributed by atoms with Gasteiger partial charge in [-0.2, -0.15) is 9.35 Å². The zero-order chi connectivity index (χ0) is 23.9. The fourth-order valence-electron chi connectivity index (χ4n) is 4.28. The molecule has 0 saturated carbocycles. The van der Waals surface area contributed by atoms with E-state index >= 15 is 0 Å². The Balaban J connectivity index is 1.82. The predicted octanol–water partition coefficient (Wildman–Crippen LogP) is 5.06. The van der Waals surface area contributed by atoms with E-state index in [2.05, 4.69) is 0 Å². The molecule has 0 atom stereocenters. The molecule has 0 aliphatic rings. The molecular formula is C29H20N4O2. The fraction of sp³-hybridized carbons (Fsp3) is 0.0345. The average Bonchev–Trinajstić information content (AvgIpc) is 2.90. The molecule has 2 aromatic heterocycles. The number of rotatable bonds is 3. The van der Waals surface area contributed by atoms with Crippen molar-refractivity contribution in [2.45, 2.75) is 6.92 Å². The summed E-state index contributed by atoms with van der Waals surface area (Å²) in [7, 11) is 0. The topological polar surface area (TPSA) is 69.8 Å². The summed E-state index contributed by atoms with van der Waals surface area (Å²) in [6.07, 6.45) is 0. The third-order valence-electron chi connectivity index (χ3n) is 6.05. The lowest BCUT2D eigenvalue weighted by atomic mass is 10.1. The van der Waals surface area contributed by atoms with Gasteiger partial charge in [0.05, 0.1) is 21.8 Å². The minimum Gasteiger partial charge on any atom is -0.267 e. The first-order valence-corrected chi connectivity index (χ1v) is 11.3. The summed E-state index contributed by atoms with van der Waals surface area (Å²) in [5.41, 5.74) is 2.95. The van der Waals surface area contributed by atoms with Crippen LogP contribution in [0.2, 0.25) is 0 Å². The highest BCUT2D eigenvalue weighted by Gasteiger charge is 2.21. The number of benzene rings is 4. The molecule has 0 aliphatic carbocycles. The summed E-state index contributed by atoms with van der Waals surface area (Å²) in [6.45, 7) is 2.00. The van der Waals surface area contributed by atoms with E-state index in [1.54, 1.807) is 36.4 Å². The summed E-state index contributed by atoms with van der Waals surface area (Å²) in [5, 5.41) is 0.838. The van der Waals surface area contributed by atoms with E-state index in [-0.39, 0.29) is 11.1 Å². The Morgan fingerprint density at radius 3 is 1.46 bits per heavy atom.